The van der Waals surface area contributed by atoms with Gasteiger partial charge in [0.15, 0.2) is 0 Å². The van der Waals surface area contributed by atoms with Crippen molar-refractivity contribution in [1.29, 1.82) is 0 Å². The predicted octanol–water partition coefficient (Wildman–Crippen LogP) is 2.45. The summed E-state index contributed by atoms with van der Waals surface area (Å²) in [6, 6.07) is 14.4. The van der Waals surface area contributed by atoms with E-state index in [1.165, 1.54) is 4.31 Å². The van der Waals surface area contributed by atoms with Gasteiger partial charge in [0.25, 0.3) is 5.91 Å². The number of nitrogens with zero attached hydrogens (tertiary/aromatic N) is 2. The van der Waals surface area contributed by atoms with E-state index in [0.717, 1.165) is 11.1 Å². The lowest BCUT2D eigenvalue weighted by atomic mass is 10.1. The number of amides is 1. The summed E-state index contributed by atoms with van der Waals surface area (Å²) >= 11 is 0. The van der Waals surface area contributed by atoms with Gasteiger partial charge in [0.2, 0.25) is 10.0 Å². The Hall–Kier alpha value is -2.18. The van der Waals surface area contributed by atoms with Crippen LogP contribution >= 0.6 is 0 Å². The highest BCUT2D eigenvalue weighted by Gasteiger charge is 2.30. The highest BCUT2D eigenvalue weighted by molar-refractivity contribution is 7.89. The van der Waals surface area contributed by atoms with Gasteiger partial charge in [-0.2, -0.15) is 4.31 Å². The first kappa shape index (κ1) is 17.6. The number of hydrogen-bond donors (Lipinski definition) is 0. The van der Waals surface area contributed by atoms with Gasteiger partial charge in [-0.3, -0.25) is 4.79 Å². The maximum Gasteiger partial charge on any atom is 0.253 e. The molecule has 0 N–H and O–H groups in total. The fourth-order valence-electron chi connectivity index (χ4n) is 2.94. The summed E-state index contributed by atoms with van der Waals surface area (Å²) in [6.45, 7) is 5.28. The molecule has 1 amide bonds. The molecule has 2 aromatic rings. The lowest BCUT2D eigenvalue weighted by molar-refractivity contribution is 0.0698. The van der Waals surface area contributed by atoms with E-state index in [9.17, 15) is 13.2 Å². The van der Waals surface area contributed by atoms with Crippen LogP contribution in [-0.4, -0.2) is 49.7 Å². The van der Waals surface area contributed by atoms with Gasteiger partial charge in [-0.15, -0.1) is 0 Å². The van der Waals surface area contributed by atoms with E-state index in [2.05, 4.69) is 0 Å². The maximum atomic E-state index is 12.7. The zero-order chi connectivity index (χ0) is 18.0. The molecule has 6 heteroatoms. The van der Waals surface area contributed by atoms with Gasteiger partial charge in [-0.05, 0) is 43.7 Å². The lowest BCUT2D eigenvalue weighted by Gasteiger charge is -2.34. The largest absolute Gasteiger partial charge is 0.336 e. The van der Waals surface area contributed by atoms with E-state index in [1.807, 2.05) is 44.2 Å². The molecule has 5 nitrogen and oxygen atoms in total. The Bertz CT molecular complexity index is 868. The highest BCUT2D eigenvalue weighted by Crippen LogP contribution is 2.19. The molecule has 0 spiro atoms. The van der Waals surface area contributed by atoms with Gasteiger partial charge in [0.05, 0.1) is 4.90 Å². The molecule has 0 unspecified atom stereocenters. The van der Waals surface area contributed by atoms with Gasteiger partial charge >= 0.3 is 0 Å². The normalized spacial score (nSPS) is 16.0. The summed E-state index contributed by atoms with van der Waals surface area (Å²) in [6.07, 6.45) is 0. The van der Waals surface area contributed by atoms with Crippen molar-refractivity contribution in [2.45, 2.75) is 18.7 Å². The van der Waals surface area contributed by atoms with Crippen LogP contribution in [0.5, 0.6) is 0 Å². The third-order valence-corrected chi connectivity index (χ3v) is 6.35. The number of carbonyl (C=O) groups is 1. The minimum atomic E-state index is -3.51. The quantitative estimate of drug-likeness (QED) is 0.847. The summed E-state index contributed by atoms with van der Waals surface area (Å²) < 4.78 is 27.0. The second-order valence-corrected chi connectivity index (χ2v) is 8.32. The van der Waals surface area contributed by atoms with Crippen LogP contribution in [0.15, 0.2) is 53.4 Å². The topological polar surface area (TPSA) is 57.7 Å². The summed E-state index contributed by atoms with van der Waals surface area (Å²) in [5.41, 5.74) is 2.65. The predicted molar refractivity (Wildman–Crippen MR) is 97.0 cm³/mol. The van der Waals surface area contributed by atoms with E-state index in [1.54, 1.807) is 23.1 Å². The SMILES string of the molecule is Cc1ccc(C(=O)N2CCN(S(=O)(=O)c3cccc(C)c3)CC2)cc1. The average molecular weight is 358 g/mol. The minimum absolute atomic E-state index is 0.0485. The first-order chi connectivity index (χ1) is 11.9. The number of hydrogen-bond acceptors (Lipinski definition) is 3. The van der Waals surface area contributed by atoms with E-state index >= 15 is 0 Å². The Morgan fingerprint density at radius 2 is 1.52 bits per heavy atom. The first-order valence-electron chi connectivity index (χ1n) is 8.31. The van der Waals surface area contributed by atoms with Gasteiger partial charge in [-0.25, -0.2) is 8.42 Å². The van der Waals surface area contributed by atoms with E-state index in [-0.39, 0.29) is 5.91 Å². The molecule has 2 aromatic carbocycles. The molecule has 1 aliphatic heterocycles. The minimum Gasteiger partial charge on any atom is -0.336 e. The van der Waals surface area contributed by atoms with Crippen molar-refractivity contribution in [2.75, 3.05) is 26.2 Å². The fraction of sp³-hybridized carbons (Fsp3) is 0.316. The van der Waals surface area contributed by atoms with Crippen LogP contribution in [0.2, 0.25) is 0 Å². The first-order valence-corrected chi connectivity index (χ1v) is 9.75. The zero-order valence-electron chi connectivity index (χ0n) is 14.5. The molecule has 1 fully saturated rings. The van der Waals surface area contributed by atoms with Crippen molar-refractivity contribution in [3.05, 3.63) is 65.2 Å². The smallest absolute Gasteiger partial charge is 0.253 e. The molecule has 132 valence electrons. The van der Waals surface area contributed by atoms with Gasteiger partial charge in [0.1, 0.15) is 0 Å². The molecule has 0 saturated carbocycles. The maximum absolute atomic E-state index is 12.7. The van der Waals surface area contributed by atoms with Crippen LogP contribution in [0.1, 0.15) is 21.5 Å². The molecule has 0 radical (unpaired) electrons. The Morgan fingerprint density at radius 3 is 2.12 bits per heavy atom. The van der Waals surface area contributed by atoms with Crippen LogP contribution in [0.3, 0.4) is 0 Å². The third-order valence-electron chi connectivity index (χ3n) is 4.45. The Morgan fingerprint density at radius 1 is 0.880 bits per heavy atom. The fourth-order valence-corrected chi connectivity index (χ4v) is 4.46. The molecule has 0 aliphatic carbocycles. The number of piperazine rings is 1. The van der Waals surface area contributed by atoms with Crippen molar-refractivity contribution in [3.8, 4) is 0 Å². The van der Waals surface area contributed by atoms with E-state index in [4.69, 9.17) is 0 Å². The molecular weight excluding hydrogens is 336 g/mol. The van der Waals surface area contributed by atoms with Crippen LogP contribution in [0.25, 0.3) is 0 Å². The van der Waals surface area contributed by atoms with Crippen LogP contribution in [-0.2, 0) is 10.0 Å². The monoisotopic (exact) mass is 358 g/mol. The molecular formula is C19H22N2O3S. The number of benzene rings is 2. The van der Waals surface area contributed by atoms with Crippen LogP contribution in [0, 0.1) is 13.8 Å². The highest BCUT2D eigenvalue weighted by atomic mass is 32.2. The molecule has 0 atom stereocenters. The number of sulfonamides is 1. The van der Waals surface area contributed by atoms with Gasteiger partial charge < -0.3 is 4.90 Å². The van der Waals surface area contributed by atoms with Gasteiger partial charge in [0, 0.05) is 31.7 Å². The summed E-state index contributed by atoms with van der Waals surface area (Å²) in [7, 11) is -3.51. The molecule has 0 bridgehead atoms. The Balaban J connectivity index is 1.69. The van der Waals surface area contributed by atoms with Crippen molar-refractivity contribution < 1.29 is 13.2 Å². The lowest BCUT2D eigenvalue weighted by Crippen LogP contribution is -2.50. The van der Waals surface area contributed by atoms with Crippen molar-refractivity contribution in [2.24, 2.45) is 0 Å². The van der Waals surface area contributed by atoms with Crippen LogP contribution in [0.4, 0.5) is 0 Å². The molecule has 1 aliphatic rings. The third kappa shape index (κ3) is 3.75. The van der Waals surface area contributed by atoms with Crippen molar-refractivity contribution >= 4 is 15.9 Å². The van der Waals surface area contributed by atoms with E-state index < -0.39 is 10.0 Å². The molecule has 3 rings (SSSR count). The molecule has 1 heterocycles. The van der Waals surface area contributed by atoms with Crippen molar-refractivity contribution in [1.82, 2.24) is 9.21 Å². The summed E-state index contributed by atoms with van der Waals surface area (Å²) in [5.74, 6) is -0.0485. The van der Waals surface area contributed by atoms with E-state index in [0.29, 0.717) is 36.6 Å². The molecule has 0 aromatic heterocycles. The zero-order valence-corrected chi connectivity index (χ0v) is 15.3. The summed E-state index contributed by atoms with van der Waals surface area (Å²) in [4.78, 5) is 14.6. The second kappa shape index (κ2) is 6.98. The van der Waals surface area contributed by atoms with Crippen LogP contribution < -0.4 is 0 Å². The Labute approximate surface area is 148 Å². The summed E-state index contributed by atoms with van der Waals surface area (Å²) in [5, 5.41) is 0. The second-order valence-electron chi connectivity index (χ2n) is 6.38. The molecule has 25 heavy (non-hydrogen) atoms. The number of rotatable bonds is 3. The number of aryl methyl sites for hydroxylation is 2. The van der Waals surface area contributed by atoms with Crippen molar-refractivity contribution in [3.63, 3.8) is 0 Å². The standard InChI is InChI=1S/C19H22N2O3S/c1-15-6-8-17(9-7-15)19(22)20-10-12-21(13-11-20)25(23,24)18-5-3-4-16(2)14-18/h3-9,14H,10-13H2,1-2H3. The Kier molecular flexibility index (Phi) is 4.92. The molecule has 1 saturated heterocycles. The van der Waals surface area contributed by atoms with Gasteiger partial charge in [-0.1, -0.05) is 29.8 Å². The number of carbonyl (C=O) groups excluding carboxylic acids is 1. The average Bonchev–Trinajstić information content (AvgIpc) is 2.62.